The molecule has 0 aromatic rings. The molecule has 3 unspecified atom stereocenters. The van der Waals surface area contributed by atoms with Crippen LogP contribution in [0.2, 0.25) is 0 Å². The van der Waals surface area contributed by atoms with Gasteiger partial charge in [0.2, 0.25) is 5.91 Å². The number of hydrogen-bond acceptors (Lipinski definition) is 15. The molecular formula is C55H83N7O14. The minimum atomic E-state index is -0.643. The Hall–Kier alpha value is -5.66. The lowest BCUT2D eigenvalue weighted by Crippen LogP contribution is -2.43. The van der Waals surface area contributed by atoms with Gasteiger partial charge in [-0.15, -0.1) is 35.5 Å². The first-order valence-corrected chi connectivity index (χ1v) is 27.9. The van der Waals surface area contributed by atoms with Crippen molar-refractivity contribution >= 4 is 36.4 Å². The van der Waals surface area contributed by atoms with Gasteiger partial charge in [-0.05, 0) is 98.2 Å². The van der Waals surface area contributed by atoms with E-state index in [9.17, 15) is 28.8 Å². The Morgan fingerprint density at radius 2 is 0.658 bits per heavy atom. The van der Waals surface area contributed by atoms with Crippen molar-refractivity contribution in [1.82, 2.24) is 36.8 Å². The molecule has 21 nitrogen and oxygen atoms in total. The Balaban J connectivity index is 0.766. The van der Waals surface area contributed by atoms with E-state index in [4.69, 9.17) is 37.9 Å². The molecule has 21 heteroatoms. The van der Waals surface area contributed by atoms with Crippen LogP contribution >= 0.6 is 0 Å². The first-order valence-electron chi connectivity index (χ1n) is 27.9. The van der Waals surface area contributed by atoms with Gasteiger partial charge in [0.05, 0.1) is 52.9 Å². The standard InChI is InChI=1S/C55H83N7O14/c63-50(20-19-47-41-13-7-1-2-8-14-42(41)47)56-24-30-69-33-36-72-51(64)57-21-27-62(28-22-58-52(65)73-37-34-70-31-25-60-54(67)75-39-48-43-15-9-3-4-10-16-44(43)48)29-23-59-53(66)74-38-35-71-32-26-61-55(68)76-40-49-45-17-11-5-6-12-18-46(45)49/h41-49H,7-40H2,(H,56,63)(H,57,64)(H,58,65)(H,59,66)(H,60,67)(H,61,68)/t41-,42+,43-,44+,45-,46+,47?,48?,49?. The number of alkyl carbamates (subject to hydrolysis) is 5. The molecule has 0 bridgehead atoms. The van der Waals surface area contributed by atoms with E-state index in [0.717, 1.165) is 95.3 Å². The lowest BCUT2D eigenvalue weighted by atomic mass is 10.1. The molecule has 0 aromatic heterocycles. The van der Waals surface area contributed by atoms with Crippen molar-refractivity contribution in [2.75, 3.05) is 132 Å². The summed E-state index contributed by atoms with van der Waals surface area (Å²) in [7, 11) is 0. The van der Waals surface area contributed by atoms with Gasteiger partial charge in [0.15, 0.2) is 0 Å². The maximum atomic E-state index is 12.4. The summed E-state index contributed by atoms with van der Waals surface area (Å²) in [5, 5.41) is 16.4. The molecule has 3 saturated carbocycles. The van der Waals surface area contributed by atoms with Crippen LogP contribution in [0.5, 0.6) is 0 Å². The van der Waals surface area contributed by atoms with E-state index >= 15 is 0 Å². The number of fused-ring (bicyclic) bond motifs is 3. The minimum absolute atomic E-state index is 0.000392. The van der Waals surface area contributed by atoms with Gasteiger partial charge in [-0.3, -0.25) is 9.69 Å². The molecule has 0 aromatic carbocycles. The van der Waals surface area contributed by atoms with Gasteiger partial charge in [0, 0.05) is 104 Å². The molecule has 6 N–H and O–H groups in total. The number of nitrogens with one attached hydrogen (secondary N) is 6. The van der Waals surface area contributed by atoms with E-state index in [-0.39, 0.29) is 91.5 Å². The topological polar surface area (TPSA) is 252 Å². The predicted molar refractivity (Wildman–Crippen MR) is 278 cm³/mol. The molecule has 0 aliphatic heterocycles. The Morgan fingerprint density at radius 3 is 1.01 bits per heavy atom. The third-order valence-corrected chi connectivity index (χ3v) is 15.1. The predicted octanol–water partition coefficient (Wildman–Crippen LogP) is 4.18. The number of nitrogens with zero attached hydrogens (tertiary/aromatic N) is 1. The normalized spacial score (nSPS) is 24.2. The van der Waals surface area contributed by atoms with Gasteiger partial charge < -0.3 is 69.8 Å². The summed E-state index contributed by atoms with van der Waals surface area (Å²) in [6.45, 7) is 4.59. The van der Waals surface area contributed by atoms with Gasteiger partial charge in [-0.2, -0.15) is 0 Å². The molecule has 9 atom stereocenters. The van der Waals surface area contributed by atoms with Crippen LogP contribution in [0, 0.1) is 88.8 Å². The maximum Gasteiger partial charge on any atom is 0.407 e. The number of carbonyl (C=O) groups excluding carboxylic acids is 6. The zero-order chi connectivity index (χ0) is 53.4. The van der Waals surface area contributed by atoms with E-state index < -0.39 is 30.5 Å². The van der Waals surface area contributed by atoms with Crippen LogP contribution in [-0.4, -0.2) is 173 Å². The van der Waals surface area contributed by atoms with Crippen molar-refractivity contribution in [3.8, 4) is 35.5 Å². The summed E-state index contributed by atoms with van der Waals surface area (Å²) in [6, 6.07) is 0. The minimum Gasteiger partial charge on any atom is -0.449 e. The second-order valence-electron chi connectivity index (χ2n) is 20.1. The van der Waals surface area contributed by atoms with E-state index in [1.807, 2.05) is 4.90 Å². The van der Waals surface area contributed by atoms with Crippen LogP contribution in [0.1, 0.15) is 89.9 Å². The number of ether oxygens (including phenoxy) is 8. The lowest BCUT2D eigenvalue weighted by Gasteiger charge is -2.22. The first kappa shape index (κ1) is 59.6. The smallest absolute Gasteiger partial charge is 0.407 e. The van der Waals surface area contributed by atoms with Gasteiger partial charge in [-0.25, -0.2) is 24.0 Å². The summed E-state index contributed by atoms with van der Waals surface area (Å²) >= 11 is 0. The number of rotatable bonds is 34. The highest BCUT2D eigenvalue weighted by molar-refractivity contribution is 5.75. The van der Waals surface area contributed by atoms with Crippen LogP contribution in [0.15, 0.2) is 0 Å². The Labute approximate surface area is 448 Å². The van der Waals surface area contributed by atoms with E-state index in [0.29, 0.717) is 93.8 Å². The molecule has 6 aliphatic carbocycles. The van der Waals surface area contributed by atoms with Crippen LogP contribution < -0.4 is 31.9 Å². The molecule has 6 aliphatic rings. The molecule has 76 heavy (non-hydrogen) atoms. The summed E-state index contributed by atoms with van der Waals surface area (Å²) in [6.07, 6.45) is 10.7. The van der Waals surface area contributed by atoms with Crippen LogP contribution in [0.25, 0.3) is 0 Å². The fourth-order valence-corrected chi connectivity index (χ4v) is 10.9. The highest BCUT2D eigenvalue weighted by Crippen LogP contribution is 2.55. The third kappa shape index (κ3) is 23.7. The molecule has 6 amide bonds. The Bertz CT molecular complexity index is 1750. The zero-order valence-corrected chi connectivity index (χ0v) is 44.4. The molecule has 3 fully saturated rings. The molecule has 0 spiro atoms. The second-order valence-corrected chi connectivity index (χ2v) is 20.1. The summed E-state index contributed by atoms with van der Waals surface area (Å²) in [4.78, 5) is 75.8. The molecule has 0 radical (unpaired) electrons. The average molecular weight is 1070 g/mol. The Morgan fingerprint density at radius 1 is 0.355 bits per heavy atom. The van der Waals surface area contributed by atoms with E-state index in [1.54, 1.807) is 0 Å². The molecular weight excluding hydrogens is 983 g/mol. The largest absolute Gasteiger partial charge is 0.449 e. The van der Waals surface area contributed by atoms with Gasteiger partial charge in [0.1, 0.15) is 19.8 Å². The van der Waals surface area contributed by atoms with Crippen molar-refractivity contribution < 1.29 is 66.7 Å². The number of carbonyl (C=O) groups is 6. The van der Waals surface area contributed by atoms with Crippen molar-refractivity contribution in [2.45, 2.75) is 89.9 Å². The summed E-state index contributed by atoms with van der Waals surface area (Å²) in [5.41, 5.74) is 0. The highest BCUT2D eigenvalue weighted by Gasteiger charge is 2.50. The number of amides is 6. The van der Waals surface area contributed by atoms with E-state index in [2.05, 4.69) is 67.4 Å². The Kier molecular flexibility index (Phi) is 27.4. The lowest BCUT2D eigenvalue weighted by molar-refractivity contribution is -0.121. The van der Waals surface area contributed by atoms with Crippen LogP contribution in [-0.2, 0) is 42.7 Å². The first-order chi connectivity index (χ1) is 37.3. The zero-order valence-electron chi connectivity index (χ0n) is 44.4. The quantitative estimate of drug-likeness (QED) is 0.0301. The molecule has 422 valence electrons. The third-order valence-electron chi connectivity index (χ3n) is 15.1. The SMILES string of the molecule is O=C(CCC1[C@H]2CCC#CCC[C@@H]12)NCCOCCOC(=O)NCCN(CCNC(=O)OCCOCCNC(=O)OCC1[C@H]2CCC#CCC[C@@H]12)CCNC(=O)OCCOCCNC(=O)OCC1[C@H]2CCC#CCC[C@@H]12. The summed E-state index contributed by atoms with van der Waals surface area (Å²) in [5.74, 6) is 24.5. The monoisotopic (exact) mass is 1070 g/mol. The van der Waals surface area contributed by atoms with Crippen molar-refractivity contribution in [3.05, 3.63) is 0 Å². The van der Waals surface area contributed by atoms with Crippen LogP contribution in [0.4, 0.5) is 24.0 Å². The van der Waals surface area contributed by atoms with Crippen molar-refractivity contribution in [1.29, 1.82) is 0 Å². The van der Waals surface area contributed by atoms with Crippen LogP contribution in [0.3, 0.4) is 0 Å². The highest BCUT2D eigenvalue weighted by atomic mass is 16.6. The molecule has 0 heterocycles. The van der Waals surface area contributed by atoms with Gasteiger partial charge >= 0.3 is 30.5 Å². The number of hydrogen-bond donors (Lipinski definition) is 6. The second kappa shape index (κ2) is 34.9. The van der Waals surface area contributed by atoms with Crippen molar-refractivity contribution in [2.24, 2.45) is 53.3 Å². The van der Waals surface area contributed by atoms with Gasteiger partial charge in [-0.1, -0.05) is 0 Å². The maximum absolute atomic E-state index is 12.4. The van der Waals surface area contributed by atoms with Crippen molar-refractivity contribution in [3.63, 3.8) is 0 Å². The van der Waals surface area contributed by atoms with Gasteiger partial charge in [0.25, 0.3) is 0 Å². The fourth-order valence-electron chi connectivity index (χ4n) is 10.9. The summed E-state index contributed by atoms with van der Waals surface area (Å²) < 4.78 is 43.0. The molecule has 0 saturated heterocycles. The van der Waals surface area contributed by atoms with E-state index in [1.165, 1.54) is 0 Å². The molecule has 6 rings (SSSR count). The fraction of sp³-hybridized carbons (Fsp3) is 0.782. The average Bonchev–Trinajstić information content (AvgIpc) is 4.34.